The summed E-state index contributed by atoms with van der Waals surface area (Å²) in [6, 6.07) is 5.20. The molecule has 2 aliphatic carbocycles. The Hall–Kier alpha value is -0.690. The minimum absolute atomic E-state index is 0.257. The van der Waals surface area contributed by atoms with E-state index in [4.69, 9.17) is 4.89 Å². The Labute approximate surface area is 99.6 Å². The molecule has 0 aliphatic heterocycles. The molecular formula is C6H4Cl2NO6P. The van der Waals surface area contributed by atoms with Crippen molar-refractivity contribution in [3.8, 4) is 11.1 Å². The largest absolute Gasteiger partial charge is 0.505 e. The SMILES string of the molecule is O=P(O)(OCl)OCl.O=[N+]([O-])c1cc2ccc1-2. The molecule has 0 aromatic rings. The van der Waals surface area contributed by atoms with Crippen LogP contribution in [0.1, 0.15) is 0 Å². The van der Waals surface area contributed by atoms with Crippen LogP contribution in [0.25, 0.3) is 11.1 Å². The second-order valence-corrected chi connectivity index (χ2v) is 4.64. The predicted molar refractivity (Wildman–Crippen MR) is 55.8 cm³/mol. The van der Waals surface area contributed by atoms with Crippen LogP contribution in [0.3, 0.4) is 0 Å². The minimum atomic E-state index is -4.12. The minimum Gasteiger partial charge on any atom is -0.301 e. The van der Waals surface area contributed by atoms with Crippen LogP contribution in [0.2, 0.25) is 0 Å². The van der Waals surface area contributed by atoms with Crippen molar-refractivity contribution in [2.45, 2.75) is 0 Å². The number of hydrogen-bond donors (Lipinski definition) is 1. The summed E-state index contributed by atoms with van der Waals surface area (Å²) < 4.78 is 16.4. The molecule has 2 aliphatic rings. The Balaban J connectivity index is 0.000000168. The highest BCUT2D eigenvalue weighted by atomic mass is 35.5. The molecule has 0 aromatic carbocycles. The molecule has 0 bridgehead atoms. The fourth-order valence-electron chi connectivity index (χ4n) is 0.931. The van der Waals surface area contributed by atoms with E-state index in [2.05, 4.69) is 31.9 Å². The first kappa shape index (κ1) is 13.4. The lowest BCUT2D eigenvalue weighted by atomic mass is 9.91. The molecule has 88 valence electrons. The Morgan fingerprint density at radius 2 is 1.94 bits per heavy atom. The highest BCUT2D eigenvalue weighted by molar-refractivity contribution is 7.49. The molecule has 0 radical (unpaired) electrons. The lowest BCUT2D eigenvalue weighted by molar-refractivity contribution is -0.385. The molecule has 0 aromatic heterocycles. The summed E-state index contributed by atoms with van der Waals surface area (Å²) in [5.41, 5.74) is 2.08. The second kappa shape index (κ2) is 5.09. The molecule has 10 heteroatoms. The van der Waals surface area contributed by atoms with Gasteiger partial charge in [-0.05, 0) is 11.6 Å². The van der Waals surface area contributed by atoms with Gasteiger partial charge in [-0.25, -0.2) is 4.57 Å². The van der Waals surface area contributed by atoms with Crippen LogP contribution >= 0.6 is 31.6 Å². The summed E-state index contributed by atoms with van der Waals surface area (Å²) in [7, 11) is -4.12. The molecule has 16 heavy (non-hydrogen) atoms. The van der Waals surface area contributed by atoms with E-state index in [1.54, 1.807) is 12.1 Å². The van der Waals surface area contributed by atoms with Crippen molar-refractivity contribution in [3.63, 3.8) is 0 Å². The number of fused-ring (bicyclic) bond motifs is 1. The molecule has 0 unspecified atom stereocenters. The molecule has 0 amide bonds. The van der Waals surface area contributed by atoms with Gasteiger partial charge in [0.2, 0.25) is 0 Å². The van der Waals surface area contributed by atoms with Gasteiger partial charge >= 0.3 is 7.82 Å². The molecular weight excluding hydrogens is 284 g/mol. The lowest BCUT2D eigenvalue weighted by Crippen LogP contribution is -1.99. The Morgan fingerprint density at radius 1 is 1.38 bits per heavy atom. The fraction of sp³-hybridized carbons (Fsp3) is 0. The average Bonchev–Trinajstić information content (AvgIpc) is 2.22. The molecule has 0 spiro atoms. The van der Waals surface area contributed by atoms with Gasteiger partial charge in [0.1, 0.15) is 0 Å². The monoisotopic (exact) mass is 287 g/mol. The van der Waals surface area contributed by atoms with Crippen molar-refractivity contribution >= 4 is 37.2 Å². The third-order valence-corrected chi connectivity index (χ3v) is 3.08. The van der Waals surface area contributed by atoms with Crippen LogP contribution in [-0.4, -0.2) is 9.82 Å². The van der Waals surface area contributed by atoms with Crippen molar-refractivity contribution in [1.82, 2.24) is 0 Å². The van der Waals surface area contributed by atoms with Crippen LogP contribution < -0.4 is 0 Å². The predicted octanol–water partition coefficient (Wildman–Crippen LogP) is 3.00. The zero-order valence-corrected chi connectivity index (χ0v) is 9.78. The van der Waals surface area contributed by atoms with Gasteiger partial charge in [0.05, 0.1) is 34.2 Å². The number of nitro benzene ring substituents is 1. The van der Waals surface area contributed by atoms with Crippen molar-refractivity contribution < 1.29 is 22.5 Å². The maximum atomic E-state index is 10.0. The number of hydrogen-bond acceptors (Lipinski definition) is 5. The molecule has 2 rings (SSSR count). The van der Waals surface area contributed by atoms with Crippen LogP contribution in [0.5, 0.6) is 0 Å². The average molecular weight is 288 g/mol. The van der Waals surface area contributed by atoms with Crippen molar-refractivity contribution in [2.24, 2.45) is 0 Å². The Kier molecular flexibility index (Phi) is 4.26. The summed E-state index contributed by atoms with van der Waals surface area (Å²) >= 11 is 8.74. The third kappa shape index (κ3) is 2.91. The van der Waals surface area contributed by atoms with Gasteiger partial charge in [0.25, 0.3) is 5.69 Å². The van der Waals surface area contributed by atoms with Gasteiger partial charge in [0, 0.05) is 6.07 Å². The van der Waals surface area contributed by atoms with Gasteiger partial charge < -0.3 is 4.89 Å². The van der Waals surface area contributed by atoms with E-state index >= 15 is 0 Å². The summed E-state index contributed by atoms with van der Waals surface area (Å²) in [6.07, 6.45) is 0. The van der Waals surface area contributed by atoms with Crippen LogP contribution in [0, 0.1) is 10.1 Å². The molecule has 0 saturated heterocycles. The quantitative estimate of drug-likeness (QED) is 0.529. The van der Waals surface area contributed by atoms with Crippen molar-refractivity contribution in [3.05, 3.63) is 28.3 Å². The van der Waals surface area contributed by atoms with E-state index < -0.39 is 7.82 Å². The first-order valence-corrected chi connectivity index (χ1v) is 5.75. The normalized spacial score (nSPS) is 11.4. The molecule has 7 nitrogen and oxygen atoms in total. The standard InChI is InChI=1S/C6H3NO2.Cl2HO4P/c8-7(9)6-3-4-1-2-5(4)6;1-5-7(3,4)6-2/h1-3H;(H,3,4). The maximum Gasteiger partial charge on any atom is 0.505 e. The molecule has 0 saturated carbocycles. The van der Waals surface area contributed by atoms with Crippen molar-refractivity contribution in [1.29, 1.82) is 0 Å². The van der Waals surface area contributed by atoms with E-state index in [0.717, 1.165) is 11.1 Å². The topological polar surface area (TPSA) is 98.9 Å². The van der Waals surface area contributed by atoms with Crippen molar-refractivity contribution in [2.75, 3.05) is 0 Å². The number of nitro groups is 1. The zero-order chi connectivity index (χ0) is 12.3. The number of rotatable bonds is 3. The fourth-order valence-corrected chi connectivity index (χ4v) is 1.21. The molecule has 0 heterocycles. The molecule has 0 fully saturated rings. The Morgan fingerprint density at radius 3 is 2.00 bits per heavy atom. The maximum absolute atomic E-state index is 10.0. The first-order valence-electron chi connectivity index (χ1n) is 3.63. The van der Waals surface area contributed by atoms with Crippen LogP contribution in [0.15, 0.2) is 18.2 Å². The summed E-state index contributed by atoms with van der Waals surface area (Å²) in [6.45, 7) is 0. The highest BCUT2D eigenvalue weighted by Gasteiger charge is 2.25. The van der Waals surface area contributed by atoms with Gasteiger partial charge in [-0.1, -0.05) is 6.07 Å². The molecule has 0 atom stereocenters. The van der Waals surface area contributed by atoms with E-state index in [1.165, 1.54) is 0 Å². The van der Waals surface area contributed by atoms with E-state index in [9.17, 15) is 14.7 Å². The molecule has 1 N–H and O–H groups in total. The van der Waals surface area contributed by atoms with Gasteiger partial charge in [-0.15, -0.1) is 0 Å². The lowest BCUT2D eigenvalue weighted by Gasteiger charge is -2.12. The van der Waals surface area contributed by atoms with Gasteiger partial charge in [-0.2, -0.15) is 8.15 Å². The highest BCUT2D eigenvalue weighted by Crippen LogP contribution is 2.45. The number of halogens is 2. The number of benzene rings is 1. The second-order valence-electron chi connectivity index (χ2n) is 2.60. The van der Waals surface area contributed by atoms with E-state index in [1.807, 2.05) is 6.07 Å². The van der Waals surface area contributed by atoms with Crippen LogP contribution in [0.4, 0.5) is 5.69 Å². The zero-order valence-electron chi connectivity index (χ0n) is 7.37. The summed E-state index contributed by atoms with van der Waals surface area (Å²) in [5, 5.41) is 10.0. The van der Waals surface area contributed by atoms with E-state index in [-0.39, 0.29) is 10.6 Å². The van der Waals surface area contributed by atoms with Gasteiger partial charge in [0.15, 0.2) is 0 Å². The first-order chi connectivity index (χ1) is 7.41. The van der Waals surface area contributed by atoms with Crippen LogP contribution in [-0.2, 0) is 12.7 Å². The third-order valence-electron chi connectivity index (χ3n) is 1.68. The number of nitrogens with zero attached hydrogens (tertiary/aromatic N) is 1. The van der Waals surface area contributed by atoms with E-state index in [0.29, 0.717) is 0 Å². The summed E-state index contributed by atoms with van der Waals surface area (Å²) in [4.78, 5) is 17.7. The summed E-state index contributed by atoms with van der Waals surface area (Å²) in [5.74, 6) is 0. The van der Waals surface area contributed by atoms with Gasteiger partial charge in [-0.3, -0.25) is 10.1 Å². The smallest absolute Gasteiger partial charge is 0.301 e. The Bertz CT molecular complexity index is 458. The number of phosphoric acid groups is 1.